The highest BCUT2D eigenvalue weighted by atomic mass is 32.2. The number of carbonyl (C=O) groups is 2. The third-order valence-corrected chi connectivity index (χ3v) is 6.08. The third-order valence-electron chi connectivity index (χ3n) is 4.33. The summed E-state index contributed by atoms with van der Waals surface area (Å²) >= 11 is 0. The van der Waals surface area contributed by atoms with Crippen LogP contribution in [0.3, 0.4) is 0 Å². The van der Waals surface area contributed by atoms with Crippen molar-refractivity contribution in [2.24, 2.45) is 5.92 Å². The number of likely N-dealkylation sites (tertiary alicyclic amines) is 1. The smallest absolute Gasteiger partial charge is 0.312 e. The van der Waals surface area contributed by atoms with Crippen LogP contribution in [0, 0.1) is 5.92 Å². The molecular weight excluding hydrogens is 280 g/mol. The van der Waals surface area contributed by atoms with Gasteiger partial charge in [-0.25, -0.2) is 8.42 Å². The van der Waals surface area contributed by atoms with Crippen LogP contribution in [0.25, 0.3) is 0 Å². The summed E-state index contributed by atoms with van der Waals surface area (Å²) in [5.74, 6) is -0.415. The molecule has 2 heterocycles. The topological polar surface area (TPSA) is 74.8 Å². The van der Waals surface area contributed by atoms with E-state index in [1.165, 1.54) is 11.9 Å². The molecule has 0 saturated carbocycles. The van der Waals surface area contributed by atoms with Crippen LogP contribution in [0.2, 0.25) is 0 Å². The van der Waals surface area contributed by atoms with Crippen LogP contribution in [-0.2, 0) is 19.4 Å². The lowest BCUT2D eigenvalue weighted by atomic mass is 9.99. The van der Waals surface area contributed by atoms with Gasteiger partial charge in [0.05, 0.1) is 11.5 Å². The minimum absolute atomic E-state index is 0.0282. The molecule has 0 spiro atoms. The molecule has 1 atom stereocenters. The predicted molar refractivity (Wildman–Crippen MR) is 74.8 cm³/mol. The van der Waals surface area contributed by atoms with Gasteiger partial charge in [-0.2, -0.15) is 0 Å². The highest BCUT2D eigenvalue weighted by Crippen LogP contribution is 2.19. The molecule has 7 heteroatoms. The Kier molecular flexibility index (Phi) is 4.36. The minimum Gasteiger partial charge on any atom is -0.334 e. The first-order valence-corrected chi connectivity index (χ1v) is 8.89. The van der Waals surface area contributed by atoms with Gasteiger partial charge in [0.25, 0.3) is 0 Å². The Bertz CT molecular complexity index is 495. The average molecular weight is 302 g/mol. The quantitative estimate of drug-likeness (QED) is 0.634. The van der Waals surface area contributed by atoms with Crippen molar-refractivity contribution in [2.45, 2.75) is 32.2 Å². The highest BCUT2D eigenvalue weighted by Gasteiger charge is 2.36. The highest BCUT2D eigenvalue weighted by molar-refractivity contribution is 7.91. The molecule has 0 bridgehead atoms. The fourth-order valence-electron chi connectivity index (χ4n) is 2.74. The lowest BCUT2D eigenvalue weighted by Crippen LogP contribution is -2.49. The van der Waals surface area contributed by atoms with E-state index in [9.17, 15) is 18.0 Å². The molecule has 1 unspecified atom stereocenters. The zero-order valence-electron chi connectivity index (χ0n) is 12.0. The van der Waals surface area contributed by atoms with Gasteiger partial charge >= 0.3 is 11.8 Å². The number of hydrogen-bond acceptors (Lipinski definition) is 4. The molecule has 0 aliphatic carbocycles. The van der Waals surface area contributed by atoms with Crippen molar-refractivity contribution >= 4 is 21.7 Å². The van der Waals surface area contributed by atoms with E-state index in [2.05, 4.69) is 6.92 Å². The fraction of sp³-hybridized carbons (Fsp3) is 0.846. The number of hydrogen-bond donors (Lipinski definition) is 0. The predicted octanol–water partition coefficient (Wildman–Crippen LogP) is -0.110. The number of likely N-dealkylation sites (N-methyl/N-ethyl adjacent to an activating group) is 1. The summed E-state index contributed by atoms with van der Waals surface area (Å²) < 4.78 is 22.9. The first-order valence-electron chi connectivity index (χ1n) is 7.06. The van der Waals surface area contributed by atoms with E-state index in [4.69, 9.17) is 0 Å². The van der Waals surface area contributed by atoms with Crippen LogP contribution in [0.5, 0.6) is 0 Å². The van der Waals surface area contributed by atoms with Crippen molar-refractivity contribution in [3.05, 3.63) is 0 Å². The molecule has 0 N–H and O–H groups in total. The molecule has 2 fully saturated rings. The van der Waals surface area contributed by atoms with Crippen LogP contribution in [0.15, 0.2) is 0 Å². The maximum absolute atomic E-state index is 12.2. The number of sulfone groups is 1. The lowest BCUT2D eigenvalue weighted by molar-refractivity contribution is -0.152. The molecule has 114 valence electrons. The van der Waals surface area contributed by atoms with E-state index in [0.29, 0.717) is 25.4 Å². The minimum atomic E-state index is -3.05. The molecule has 0 aromatic rings. The van der Waals surface area contributed by atoms with Gasteiger partial charge in [0.2, 0.25) is 0 Å². The summed E-state index contributed by atoms with van der Waals surface area (Å²) in [5, 5.41) is 0. The number of carbonyl (C=O) groups excluding carboxylic acids is 2. The van der Waals surface area contributed by atoms with Gasteiger partial charge in [-0.05, 0) is 25.2 Å². The number of nitrogens with zero attached hydrogens (tertiary/aromatic N) is 2. The van der Waals surface area contributed by atoms with E-state index in [-0.39, 0.29) is 17.5 Å². The second-order valence-corrected chi connectivity index (χ2v) is 8.18. The van der Waals surface area contributed by atoms with E-state index in [0.717, 1.165) is 12.8 Å². The van der Waals surface area contributed by atoms with Crippen molar-refractivity contribution in [2.75, 3.05) is 31.6 Å². The first-order chi connectivity index (χ1) is 9.30. The van der Waals surface area contributed by atoms with Gasteiger partial charge in [0.15, 0.2) is 9.84 Å². The SMILES string of the molecule is CC1CCN(C(=O)C(=O)N(C)C2CCS(=O)(=O)C2)CC1. The van der Waals surface area contributed by atoms with Crippen molar-refractivity contribution in [1.82, 2.24) is 9.80 Å². The van der Waals surface area contributed by atoms with Crippen molar-refractivity contribution in [1.29, 1.82) is 0 Å². The van der Waals surface area contributed by atoms with Gasteiger partial charge in [-0.15, -0.1) is 0 Å². The summed E-state index contributed by atoms with van der Waals surface area (Å²) in [6.45, 7) is 3.37. The van der Waals surface area contributed by atoms with Crippen LogP contribution in [0.1, 0.15) is 26.2 Å². The zero-order chi connectivity index (χ0) is 14.9. The Morgan fingerprint density at radius 2 is 1.75 bits per heavy atom. The number of amides is 2. The van der Waals surface area contributed by atoms with Crippen molar-refractivity contribution in [3.8, 4) is 0 Å². The van der Waals surface area contributed by atoms with Crippen LogP contribution in [-0.4, -0.2) is 67.7 Å². The summed E-state index contributed by atoms with van der Waals surface area (Å²) in [6.07, 6.45) is 2.26. The molecule has 2 aliphatic heterocycles. The summed E-state index contributed by atoms with van der Waals surface area (Å²) in [6, 6.07) is -0.361. The van der Waals surface area contributed by atoms with Gasteiger partial charge < -0.3 is 9.80 Å². The van der Waals surface area contributed by atoms with Gasteiger partial charge in [-0.3, -0.25) is 9.59 Å². The molecule has 2 amide bonds. The van der Waals surface area contributed by atoms with Crippen molar-refractivity contribution < 1.29 is 18.0 Å². The Hall–Kier alpha value is -1.11. The molecule has 2 saturated heterocycles. The monoisotopic (exact) mass is 302 g/mol. The van der Waals surface area contributed by atoms with Crippen LogP contribution in [0.4, 0.5) is 0 Å². The molecule has 0 aromatic heterocycles. The Morgan fingerprint density at radius 1 is 1.15 bits per heavy atom. The first kappa shape index (κ1) is 15.3. The third kappa shape index (κ3) is 3.31. The Morgan fingerprint density at radius 3 is 2.25 bits per heavy atom. The van der Waals surface area contributed by atoms with Crippen molar-refractivity contribution in [3.63, 3.8) is 0 Å². The Balaban J connectivity index is 1.95. The average Bonchev–Trinajstić information content (AvgIpc) is 2.77. The fourth-order valence-corrected chi connectivity index (χ4v) is 4.52. The lowest BCUT2D eigenvalue weighted by Gasteiger charge is -2.32. The number of rotatable bonds is 1. The molecule has 0 radical (unpaired) electrons. The summed E-state index contributed by atoms with van der Waals surface area (Å²) in [5.41, 5.74) is 0. The maximum atomic E-state index is 12.2. The molecule has 20 heavy (non-hydrogen) atoms. The Labute approximate surface area is 120 Å². The second-order valence-electron chi connectivity index (χ2n) is 5.95. The molecule has 0 aromatic carbocycles. The second kappa shape index (κ2) is 5.71. The molecule has 2 aliphatic rings. The molecular formula is C13H22N2O4S. The van der Waals surface area contributed by atoms with Crippen LogP contribution < -0.4 is 0 Å². The summed E-state index contributed by atoms with van der Waals surface area (Å²) in [4.78, 5) is 27.2. The van der Waals surface area contributed by atoms with Gasteiger partial charge in [0.1, 0.15) is 0 Å². The van der Waals surface area contributed by atoms with E-state index in [1.54, 1.807) is 4.90 Å². The van der Waals surface area contributed by atoms with Gasteiger partial charge in [-0.1, -0.05) is 6.92 Å². The van der Waals surface area contributed by atoms with Crippen LogP contribution >= 0.6 is 0 Å². The number of piperidine rings is 1. The summed E-state index contributed by atoms with van der Waals surface area (Å²) in [7, 11) is -1.52. The molecule has 2 rings (SSSR count). The van der Waals surface area contributed by atoms with E-state index in [1.807, 2.05) is 0 Å². The van der Waals surface area contributed by atoms with Gasteiger partial charge in [0, 0.05) is 26.2 Å². The zero-order valence-corrected chi connectivity index (χ0v) is 12.9. The largest absolute Gasteiger partial charge is 0.334 e. The maximum Gasteiger partial charge on any atom is 0.312 e. The molecule has 6 nitrogen and oxygen atoms in total. The normalized spacial score (nSPS) is 26.5. The van der Waals surface area contributed by atoms with E-state index < -0.39 is 21.7 Å². The van der Waals surface area contributed by atoms with E-state index >= 15 is 0 Å². The standard InChI is InChI=1S/C13H22N2O4S/c1-10-3-6-15(7-4-10)13(17)12(16)14(2)11-5-8-20(18,19)9-11/h10-11H,3-9H2,1-2H3.